The van der Waals surface area contributed by atoms with E-state index in [1.54, 1.807) is 15.8 Å². The van der Waals surface area contributed by atoms with Crippen LogP contribution in [0.1, 0.15) is 0 Å². The van der Waals surface area contributed by atoms with Crippen LogP contribution in [-0.2, 0) is 21.5 Å². The molecule has 118 valence electrons. The molecule has 3 rings (SSSR count). The number of para-hydroxylation sites is 1. The third-order valence-electron chi connectivity index (χ3n) is 3.79. The van der Waals surface area contributed by atoms with Crippen LogP contribution in [0.25, 0.3) is 10.9 Å². The van der Waals surface area contributed by atoms with E-state index in [2.05, 4.69) is 5.10 Å². The fraction of sp³-hybridized carbons (Fsp3) is 0.385. The number of nitrogens with zero attached hydrogens (tertiary/aromatic N) is 4. The maximum absolute atomic E-state index is 12.3. The largest absolute Gasteiger partial charge is 0.338 e. The average Bonchev–Trinajstić information content (AvgIpc) is 2.90. The lowest BCUT2D eigenvalue weighted by atomic mass is 10.2. The predicted octanol–water partition coefficient (Wildman–Crippen LogP) is -0.616. The smallest absolute Gasteiger partial charge is 0.277 e. The van der Waals surface area contributed by atoms with E-state index in [0.717, 1.165) is 10.9 Å². The molecule has 0 aliphatic carbocycles. The zero-order valence-electron chi connectivity index (χ0n) is 11.9. The second kappa shape index (κ2) is 5.67. The van der Waals surface area contributed by atoms with Crippen molar-refractivity contribution in [2.45, 2.75) is 6.54 Å². The van der Waals surface area contributed by atoms with Crippen LogP contribution < -0.4 is 5.14 Å². The molecule has 22 heavy (non-hydrogen) atoms. The first-order chi connectivity index (χ1) is 10.4. The van der Waals surface area contributed by atoms with Gasteiger partial charge in [-0.15, -0.1) is 0 Å². The number of hydrogen-bond donors (Lipinski definition) is 1. The van der Waals surface area contributed by atoms with Gasteiger partial charge in [0, 0.05) is 31.6 Å². The number of amides is 1. The molecule has 0 bridgehead atoms. The number of carbonyl (C=O) groups excluding carboxylic acids is 1. The molecule has 0 spiro atoms. The Morgan fingerprint density at radius 3 is 2.55 bits per heavy atom. The first kappa shape index (κ1) is 14.9. The standard InChI is InChI=1S/C13H17N5O3S/c14-22(20,21)17-7-5-16(6-8-17)13(19)10-18-12-4-2-1-3-11(12)9-15-18/h1-4,9H,5-8,10H2,(H2,14,20,21). The minimum Gasteiger partial charge on any atom is -0.338 e. The summed E-state index contributed by atoms with van der Waals surface area (Å²) >= 11 is 0. The second-order valence-corrected chi connectivity index (χ2v) is 6.73. The lowest BCUT2D eigenvalue weighted by Gasteiger charge is -2.32. The molecule has 1 aliphatic rings. The van der Waals surface area contributed by atoms with E-state index in [1.807, 2.05) is 24.3 Å². The molecule has 2 N–H and O–H groups in total. The van der Waals surface area contributed by atoms with Crippen LogP contribution in [0, 0.1) is 0 Å². The number of benzene rings is 1. The molecule has 0 atom stereocenters. The number of carbonyl (C=O) groups is 1. The molecule has 9 heteroatoms. The Morgan fingerprint density at radius 2 is 1.86 bits per heavy atom. The number of hydrogen-bond acceptors (Lipinski definition) is 4. The predicted molar refractivity (Wildman–Crippen MR) is 81.0 cm³/mol. The number of aromatic nitrogens is 2. The van der Waals surface area contributed by atoms with Crippen molar-refractivity contribution in [2.75, 3.05) is 26.2 Å². The Labute approximate surface area is 128 Å². The summed E-state index contributed by atoms with van der Waals surface area (Å²) in [5.41, 5.74) is 0.902. The van der Waals surface area contributed by atoms with Crippen molar-refractivity contribution >= 4 is 27.0 Å². The van der Waals surface area contributed by atoms with Gasteiger partial charge in [0.2, 0.25) is 5.91 Å². The fourth-order valence-electron chi connectivity index (χ4n) is 2.57. The summed E-state index contributed by atoms with van der Waals surface area (Å²) < 4.78 is 25.3. The maximum atomic E-state index is 12.3. The van der Waals surface area contributed by atoms with E-state index < -0.39 is 10.2 Å². The van der Waals surface area contributed by atoms with Gasteiger partial charge in [0.15, 0.2) is 0 Å². The Morgan fingerprint density at radius 1 is 1.18 bits per heavy atom. The maximum Gasteiger partial charge on any atom is 0.277 e. The lowest BCUT2D eigenvalue weighted by Crippen LogP contribution is -2.52. The lowest BCUT2D eigenvalue weighted by molar-refractivity contribution is -0.133. The van der Waals surface area contributed by atoms with E-state index in [0.29, 0.717) is 13.1 Å². The van der Waals surface area contributed by atoms with Gasteiger partial charge in [-0.1, -0.05) is 18.2 Å². The number of piperazine rings is 1. The van der Waals surface area contributed by atoms with Gasteiger partial charge in [-0.25, -0.2) is 5.14 Å². The van der Waals surface area contributed by atoms with Gasteiger partial charge in [0.25, 0.3) is 10.2 Å². The summed E-state index contributed by atoms with van der Waals surface area (Å²) in [5, 5.41) is 10.3. The van der Waals surface area contributed by atoms with Crippen LogP contribution in [0.3, 0.4) is 0 Å². The highest BCUT2D eigenvalue weighted by atomic mass is 32.2. The van der Waals surface area contributed by atoms with E-state index in [-0.39, 0.29) is 25.5 Å². The number of rotatable bonds is 3. The monoisotopic (exact) mass is 323 g/mol. The van der Waals surface area contributed by atoms with Gasteiger partial charge in [-0.3, -0.25) is 9.48 Å². The van der Waals surface area contributed by atoms with Crippen molar-refractivity contribution in [1.29, 1.82) is 0 Å². The molecule has 0 saturated carbocycles. The SMILES string of the molecule is NS(=O)(=O)N1CCN(C(=O)Cn2ncc3ccccc32)CC1. The van der Waals surface area contributed by atoms with Crippen LogP contribution >= 0.6 is 0 Å². The summed E-state index contributed by atoms with van der Waals surface area (Å²) in [6, 6.07) is 7.67. The molecule has 1 aromatic carbocycles. The highest BCUT2D eigenvalue weighted by molar-refractivity contribution is 7.86. The van der Waals surface area contributed by atoms with Crippen LogP contribution in [-0.4, -0.2) is 59.5 Å². The first-order valence-corrected chi connectivity index (χ1v) is 8.42. The molecule has 1 aromatic heterocycles. The molecule has 8 nitrogen and oxygen atoms in total. The summed E-state index contributed by atoms with van der Waals surface area (Å²) in [4.78, 5) is 14.0. The van der Waals surface area contributed by atoms with Crippen LogP contribution in [0.5, 0.6) is 0 Å². The Hall–Kier alpha value is -1.97. The van der Waals surface area contributed by atoms with Crippen LogP contribution in [0.2, 0.25) is 0 Å². The van der Waals surface area contributed by atoms with E-state index >= 15 is 0 Å². The average molecular weight is 323 g/mol. The third-order valence-corrected chi connectivity index (χ3v) is 4.87. The van der Waals surface area contributed by atoms with Crippen molar-refractivity contribution in [1.82, 2.24) is 19.0 Å². The second-order valence-electron chi connectivity index (χ2n) is 5.19. The van der Waals surface area contributed by atoms with Gasteiger partial charge in [0.05, 0.1) is 11.7 Å². The highest BCUT2D eigenvalue weighted by Gasteiger charge is 2.26. The minimum absolute atomic E-state index is 0.0806. The molecular weight excluding hydrogens is 306 g/mol. The minimum atomic E-state index is -3.68. The van der Waals surface area contributed by atoms with Crippen molar-refractivity contribution < 1.29 is 13.2 Å². The van der Waals surface area contributed by atoms with Crippen molar-refractivity contribution in [3.05, 3.63) is 30.5 Å². The van der Waals surface area contributed by atoms with Crippen molar-refractivity contribution in [3.8, 4) is 0 Å². The molecule has 1 aliphatic heterocycles. The van der Waals surface area contributed by atoms with Crippen LogP contribution in [0.15, 0.2) is 30.5 Å². The van der Waals surface area contributed by atoms with E-state index in [9.17, 15) is 13.2 Å². The van der Waals surface area contributed by atoms with E-state index in [4.69, 9.17) is 5.14 Å². The van der Waals surface area contributed by atoms with Crippen molar-refractivity contribution in [2.24, 2.45) is 5.14 Å². The summed E-state index contributed by atoms with van der Waals surface area (Å²) in [6.45, 7) is 1.28. The molecule has 0 radical (unpaired) electrons. The summed E-state index contributed by atoms with van der Waals surface area (Å²) in [6.07, 6.45) is 1.72. The molecule has 1 fully saturated rings. The summed E-state index contributed by atoms with van der Waals surface area (Å²) in [7, 11) is -3.68. The number of fused-ring (bicyclic) bond motifs is 1. The van der Waals surface area contributed by atoms with Gasteiger partial charge in [0.1, 0.15) is 6.54 Å². The number of nitrogens with two attached hydrogens (primary N) is 1. The third kappa shape index (κ3) is 2.96. The van der Waals surface area contributed by atoms with Gasteiger partial charge < -0.3 is 4.90 Å². The Bertz CT molecular complexity index is 793. The van der Waals surface area contributed by atoms with Gasteiger partial charge in [-0.2, -0.15) is 17.8 Å². The van der Waals surface area contributed by atoms with Crippen molar-refractivity contribution in [3.63, 3.8) is 0 Å². The zero-order chi connectivity index (χ0) is 15.7. The highest BCUT2D eigenvalue weighted by Crippen LogP contribution is 2.13. The Balaban J connectivity index is 1.66. The first-order valence-electron chi connectivity index (χ1n) is 6.91. The topological polar surface area (TPSA) is 102 Å². The molecule has 2 heterocycles. The molecule has 1 amide bonds. The van der Waals surface area contributed by atoms with Gasteiger partial charge in [-0.05, 0) is 6.07 Å². The molecule has 0 unspecified atom stereocenters. The van der Waals surface area contributed by atoms with Crippen LogP contribution in [0.4, 0.5) is 0 Å². The fourth-order valence-corrected chi connectivity index (χ4v) is 3.24. The quantitative estimate of drug-likeness (QED) is 0.813. The van der Waals surface area contributed by atoms with Gasteiger partial charge >= 0.3 is 0 Å². The normalized spacial score (nSPS) is 17.0. The zero-order valence-corrected chi connectivity index (χ0v) is 12.7. The molecule has 1 saturated heterocycles. The Kier molecular flexibility index (Phi) is 3.85. The molecule has 2 aromatic rings. The summed E-state index contributed by atoms with van der Waals surface area (Å²) in [5.74, 6) is -0.0806. The van der Waals surface area contributed by atoms with E-state index in [1.165, 1.54) is 4.31 Å². The molecular formula is C13H17N5O3S.